The predicted octanol–water partition coefficient (Wildman–Crippen LogP) is 8.53. The number of carbonyl (C=O) groups is 3. The Morgan fingerprint density at radius 3 is 2.04 bits per heavy atom. The van der Waals surface area contributed by atoms with E-state index < -0.39 is 17.1 Å². The van der Waals surface area contributed by atoms with E-state index in [0.717, 1.165) is 21.7 Å². The largest absolute Gasteiger partial charge is 0.325 e. The highest BCUT2D eigenvalue weighted by Crippen LogP contribution is 2.37. The van der Waals surface area contributed by atoms with Gasteiger partial charge in [0.15, 0.2) is 0 Å². The first kappa shape index (κ1) is 31.3. The van der Waals surface area contributed by atoms with Gasteiger partial charge in [0.1, 0.15) is 10.9 Å². The zero-order valence-electron chi connectivity index (χ0n) is 24.4. The van der Waals surface area contributed by atoms with E-state index in [9.17, 15) is 14.4 Å². The maximum absolute atomic E-state index is 13.4. The van der Waals surface area contributed by atoms with Crippen LogP contribution in [0.1, 0.15) is 32.3 Å². The quantitative estimate of drug-likeness (QED) is 0.106. The predicted molar refractivity (Wildman–Crippen MR) is 183 cm³/mol. The van der Waals surface area contributed by atoms with E-state index in [1.165, 1.54) is 11.8 Å². The Morgan fingerprint density at radius 1 is 0.711 bits per heavy atom. The van der Waals surface area contributed by atoms with Gasteiger partial charge in [0.2, 0.25) is 5.91 Å². The Hall–Kier alpha value is -5.11. The van der Waals surface area contributed by atoms with Gasteiger partial charge >= 0.3 is 0 Å². The number of hydrogen-bond acceptors (Lipinski definition) is 4. The minimum Gasteiger partial charge on any atom is -0.325 e. The molecule has 0 aromatic heterocycles. The summed E-state index contributed by atoms with van der Waals surface area (Å²) in [6.45, 7) is 1.98. The van der Waals surface area contributed by atoms with Gasteiger partial charge in [0.25, 0.3) is 11.8 Å². The molecule has 0 aliphatic carbocycles. The second kappa shape index (κ2) is 15.1. The smallest absolute Gasteiger partial charge is 0.272 e. The molecule has 5 aromatic rings. The van der Waals surface area contributed by atoms with Crippen LogP contribution in [-0.2, 0) is 9.59 Å². The van der Waals surface area contributed by atoms with Crippen molar-refractivity contribution in [1.82, 2.24) is 5.32 Å². The molecule has 3 amide bonds. The minimum atomic E-state index is -0.505. The first-order chi connectivity index (χ1) is 21.8. The fraction of sp³-hybridized carbons (Fsp3) is 0.0541. The summed E-state index contributed by atoms with van der Waals surface area (Å²) in [5.41, 5.74) is 4.38. The van der Waals surface area contributed by atoms with Gasteiger partial charge in [-0.1, -0.05) is 84.4 Å². The molecule has 0 aliphatic rings. The molecule has 1 atom stereocenters. The number of nitrogens with one attached hydrogen (secondary N) is 3. The van der Waals surface area contributed by atoms with Crippen LogP contribution in [0, 0.1) is 6.92 Å². The van der Waals surface area contributed by atoms with Crippen molar-refractivity contribution in [2.45, 2.75) is 17.1 Å². The third-order valence-corrected chi connectivity index (χ3v) is 8.22. The van der Waals surface area contributed by atoms with Crippen LogP contribution in [0.25, 0.3) is 6.08 Å². The number of amides is 3. The molecule has 6 nitrogen and oxygen atoms in total. The van der Waals surface area contributed by atoms with Crippen LogP contribution >= 0.6 is 23.4 Å². The summed E-state index contributed by atoms with van der Waals surface area (Å²) in [6, 6.07) is 40.1. The molecule has 45 heavy (non-hydrogen) atoms. The monoisotopic (exact) mass is 631 g/mol. The van der Waals surface area contributed by atoms with E-state index in [0.29, 0.717) is 21.8 Å². The molecule has 0 heterocycles. The highest BCUT2D eigenvalue weighted by Gasteiger charge is 2.22. The van der Waals surface area contributed by atoms with Gasteiger partial charge in [-0.15, -0.1) is 11.8 Å². The molecule has 5 aromatic carbocycles. The van der Waals surface area contributed by atoms with Crippen LogP contribution in [0.2, 0.25) is 5.02 Å². The lowest BCUT2D eigenvalue weighted by Crippen LogP contribution is -2.30. The molecule has 8 heteroatoms. The zero-order valence-corrected chi connectivity index (χ0v) is 25.9. The summed E-state index contributed by atoms with van der Waals surface area (Å²) in [7, 11) is 0. The second-order valence-electron chi connectivity index (χ2n) is 10.2. The van der Waals surface area contributed by atoms with Crippen molar-refractivity contribution < 1.29 is 14.4 Å². The topological polar surface area (TPSA) is 87.3 Å². The van der Waals surface area contributed by atoms with Gasteiger partial charge in [0.05, 0.1) is 0 Å². The van der Waals surface area contributed by atoms with Crippen LogP contribution in [-0.4, -0.2) is 17.7 Å². The summed E-state index contributed by atoms with van der Waals surface area (Å²) in [4.78, 5) is 40.6. The number of thioether (sulfide) groups is 1. The molecule has 0 saturated carbocycles. The van der Waals surface area contributed by atoms with E-state index in [1.807, 2.05) is 79.7 Å². The lowest BCUT2D eigenvalue weighted by molar-refractivity contribution is -0.116. The van der Waals surface area contributed by atoms with Gasteiger partial charge in [-0.3, -0.25) is 14.4 Å². The summed E-state index contributed by atoms with van der Waals surface area (Å²) in [6.07, 6.45) is 1.59. The third kappa shape index (κ3) is 8.95. The van der Waals surface area contributed by atoms with Crippen LogP contribution in [0.5, 0.6) is 0 Å². The minimum absolute atomic E-state index is 0.0709. The number of benzene rings is 5. The van der Waals surface area contributed by atoms with Gasteiger partial charge in [0, 0.05) is 26.9 Å². The van der Waals surface area contributed by atoms with E-state index in [-0.39, 0.29) is 11.6 Å². The SMILES string of the molecule is Cc1cccc(NC(=O)C(Sc2ccc(NC(=O)/C(=C/c3ccc(Cl)cc3)NC(=O)c3ccccc3)cc2)c2ccccc2)c1. The van der Waals surface area contributed by atoms with Crippen molar-refractivity contribution in [2.24, 2.45) is 0 Å². The molecular weight excluding hydrogens is 602 g/mol. The Balaban J connectivity index is 1.32. The molecule has 0 aliphatic heterocycles. The maximum Gasteiger partial charge on any atom is 0.272 e. The van der Waals surface area contributed by atoms with Crippen LogP contribution in [0.3, 0.4) is 0 Å². The molecule has 1 unspecified atom stereocenters. The van der Waals surface area contributed by atoms with E-state index in [1.54, 1.807) is 66.7 Å². The van der Waals surface area contributed by atoms with Crippen molar-refractivity contribution >= 4 is 58.5 Å². The molecule has 3 N–H and O–H groups in total. The Bertz CT molecular complexity index is 1810. The first-order valence-corrected chi connectivity index (χ1v) is 15.4. The Labute approximate surface area is 271 Å². The van der Waals surface area contributed by atoms with Gasteiger partial charge in [-0.2, -0.15) is 0 Å². The van der Waals surface area contributed by atoms with Crippen LogP contribution in [0.4, 0.5) is 11.4 Å². The highest BCUT2D eigenvalue weighted by atomic mass is 35.5. The number of carbonyl (C=O) groups excluding carboxylic acids is 3. The van der Waals surface area contributed by atoms with Crippen molar-refractivity contribution in [3.05, 3.63) is 166 Å². The lowest BCUT2D eigenvalue weighted by Gasteiger charge is -2.18. The number of aryl methyl sites for hydroxylation is 1. The Morgan fingerprint density at radius 2 is 1.38 bits per heavy atom. The van der Waals surface area contributed by atoms with Gasteiger partial charge in [-0.05, 0) is 90.4 Å². The van der Waals surface area contributed by atoms with Crippen LogP contribution in [0.15, 0.2) is 144 Å². The number of halogens is 1. The molecular formula is C37H30ClN3O3S. The average molecular weight is 632 g/mol. The summed E-state index contributed by atoms with van der Waals surface area (Å²) < 4.78 is 0. The van der Waals surface area contributed by atoms with Gasteiger partial charge in [-0.25, -0.2) is 0 Å². The molecule has 0 spiro atoms. The van der Waals surface area contributed by atoms with E-state index >= 15 is 0 Å². The molecule has 0 saturated heterocycles. The highest BCUT2D eigenvalue weighted by molar-refractivity contribution is 8.00. The number of anilines is 2. The average Bonchev–Trinajstić information content (AvgIpc) is 3.05. The maximum atomic E-state index is 13.4. The first-order valence-electron chi connectivity index (χ1n) is 14.2. The lowest BCUT2D eigenvalue weighted by atomic mass is 10.1. The fourth-order valence-corrected chi connectivity index (χ4v) is 5.60. The van der Waals surface area contributed by atoms with Crippen molar-refractivity contribution in [3.8, 4) is 0 Å². The normalized spacial score (nSPS) is 11.7. The summed E-state index contributed by atoms with van der Waals surface area (Å²) in [5, 5.41) is 8.70. The molecule has 5 rings (SSSR count). The zero-order chi connectivity index (χ0) is 31.6. The van der Waals surface area contributed by atoms with Crippen LogP contribution < -0.4 is 16.0 Å². The van der Waals surface area contributed by atoms with Gasteiger partial charge < -0.3 is 16.0 Å². The molecule has 0 radical (unpaired) electrons. The number of hydrogen-bond donors (Lipinski definition) is 3. The molecule has 224 valence electrons. The second-order valence-corrected chi connectivity index (χ2v) is 11.8. The van der Waals surface area contributed by atoms with E-state index in [4.69, 9.17) is 11.6 Å². The molecule has 0 bridgehead atoms. The third-order valence-electron chi connectivity index (χ3n) is 6.70. The van der Waals surface area contributed by atoms with Crippen molar-refractivity contribution in [2.75, 3.05) is 10.6 Å². The molecule has 0 fully saturated rings. The summed E-state index contributed by atoms with van der Waals surface area (Å²) in [5.74, 6) is -1.04. The number of rotatable bonds is 10. The summed E-state index contributed by atoms with van der Waals surface area (Å²) >= 11 is 7.44. The van der Waals surface area contributed by atoms with E-state index in [2.05, 4.69) is 16.0 Å². The standard InChI is InChI=1S/C37H30ClN3O3S/c1-25-9-8-14-31(23-25)40-37(44)34(27-10-4-2-5-11-27)45-32-21-19-30(20-22-32)39-36(43)33(24-26-15-17-29(38)18-16-26)41-35(42)28-12-6-3-7-13-28/h2-24,34H,1H3,(H,39,43)(H,40,44)(H,41,42)/b33-24-. The van der Waals surface area contributed by atoms with Crippen molar-refractivity contribution in [3.63, 3.8) is 0 Å². The fourth-order valence-electron chi connectivity index (χ4n) is 4.45. The van der Waals surface area contributed by atoms with Crippen molar-refractivity contribution in [1.29, 1.82) is 0 Å². The Kier molecular flexibility index (Phi) is 10.5.